The molecule has 7 nitrogen and oxygen atoms in total. The summed E-state index contributed by atoms with van der Waals surface area (Å²) in [5.41, 5.74) is 13.5. The molecule has 46 heavy (non-hydrogen) atoms. The molecular weight excluding hydrogens is 592 g/mol. The number of guanidine groups is 1. The van der Waals surface area contributed by atoms with Crippen molar-refractivity contribution in [1.82, 2.24) is 14.7 Å². The van der Waals surface area contributed by atoms with Crippen LogP contribution < -0.4 is 16.2 Å². The zero-order valence-electron chi connectivity index (χ0n) is 26.1. The molecule has 0 saturated carbocycles. The molecule has 8 heteroatoms. The topological polar surface area (TPSA) is 79.8 Å². The van der Waals surface area contributed by atoms with Gasteiger partial charge in [0.2, 0.25) is 0 Å². The number of para-hydroxylation sites is 1. The number of rotatable bonds is 3. The molecule has 3 aliphatic rings. The summed E-state index contributed by atoms with van der Waals surface area (Å²) in [4.78, 5) is 22.1. The van der Waals surface area contributed by atoms with Crippen LogP contribution in [0.25, 0.3) is 10.8 Å². The van der Waals surface area contributed by atoms with Gasteiger partial charge in [-0.05, 0) is 92.3 Å². The van der Waals surface area contributed by atoms with E-state index in [1.807, 2.05) is 48.5 Å². The SMILES string of the molecule is CN1CCCC(n2nc(Cc3ccc(Cl)cc3)c3ccccc3c2=O)CC1.NC1=NCC2c3ccccc3Cc3ccccc3N12. The van der Waals surface area contributed by atoms with Crippen LogP contribution in [0.4, 0.5) is 5.69 Å². The Bertz CT molecular complexity index is 1950. The van der Waals surface area contributed by atoms with Crippen molar-refractivity contribution < 1.29 is 0 Å². The maximum Gasteiger partial charge on any atom is 0.274 e. The first-order valence-corrected chi connectivity index (χ1v) is 16.5. The van der Waals surface area contributed by atoms with Gasteiger partial charge in [-0.25, -0.2) is 4.68 Å². The first-order valence-electron chi connectivity index (χ1n) is 16.1. The maximum atomic E-state index is 13.1. The monoisotopic (exact) mass is 630 g/mol. The lowest BCUT2D eigenvalue weighted by molar-refractivity contribution is 0.334. The summed E-state index contributed by atoms with van der Waals surface area (Å²) in [6, 6.07) is 33.2. The fourth-order valence-electron chi connectivity index (χ4n) is 7.06. The quantitative estimate of drug-likeness (QED) is 0.238. The lowest BCUT2D eigenvalue weighted by Crippen LogP contribution is -2.36. The Labute approximate surface area is 274 Å². The van der Waals surface area contributed by atoms with E-state index in [1.54, 1.807) is 4.68 Å². The maximum absolute atomic E-state index is 13.1. The summed E-state index contributed by atoms with van der Waals surface area (Å²) < 4.78 is 1.76. The molecule has 3 aliphatic heterocycles. The van der Waals surface area contributed by atoms with E-state index in [1.165, 1.54) is 22.4 Å². The Balaban J connectivity index is 0.000000156. The number of aliphatic imine (C=N–C) groups is 1. The van der Waals surface area contributed by atoms with Crippen LogP contribution in [0.2, 0.25) is 5.02 Å². The fraction of sp³-hybridized carbons (Fsp3) is 0.289. The molecule has 0 aliphatic carbocycles. The Morgan fingerprint density at radius 3 is 2.39 bits per heavy atom. The van der Waals surface area contributed by atoms with Crippen LogP contribution in [-0.4, -0.2) is 47.3 Å². The molecule has 2 atom stereocenters. The van der Waals surface area contributed by atoms with Crippen molar-refractivity contribution in [2.24, 2.45) is 10.7 Å². The second-order valence-corrected chi connectivity index (χ2v) is 13.0. The third-order valence-corrected chi connectivity index (χ3v) is 9.74. The van der Waals surface area contributed by atoms with E-state index in [4.69, 9.17) is 22.4 Å². The predicted octanol–water partition coefficient (Wildman–Crippen LogP) is 6.76. The molecule has 0 bridgehead atoms. The third kappa shape index (κ3) is 6.05. The number of fused-ring (bicyclic) bond motifs is 6. The molecule has 1 fully saturated rings. The summed E-state index contributed by atoms with van der Waals surface area (Å²) in [5.74, 6) is 0.633. The number of aromatic nitrogens is 2. The highest BCUT2D eigenvalue weighted by Gasteiger charge is 2.33. The highest BCUT2D eigenvalue weighted by atomic mass is 35.5. The zero-order chi connectivity index (χ0) is 31.6. The van der Waals surface area contributed by atoms with E-state index in [2.05, 4.69) is 70.4 Å². The van der Waals surface area contributed by atoms with Gasteiger partial charge >= 0.3 is 0 Å². The lowest BCUT2D eigenvalue weighted by Gasteiger charge is -2.26. The van der Waals surface area contributed by atoms with Crippen LogP contribution in [0.5, 0.6) is 0 Å². The standard InChI is InChI=1S/C22H24ClN3O.C16H15N3/c1-25-13-4-5-18(12-14-25)26-22(27)20-7-3-2-6-19(20)21(24-26)15-16-8-10-17(23)11-9-16;17-16-18-10-15-13-7-3-1-5-11(13)9-12-6-2-4-8-14(12)19(15)16/h2-3,6-11,18H,4-5,12-15H2,1H3;1-8,15H,9-10H2,(H2,17,18). The Kier molecular flexibility index (Phi) is 8.61. The molecular formula is C38H39ClN6O. The smallest absolute Gasteiger partial charge is 0.274 e. The summed E-state index contributed by atoms with van der Waals surface area (Å²) in [6.45, 7) is 2.83. The second-order valence-electron chi connectivity index (χ2n) is 12.5. The van der Waals surface area contributed by atoms with Crippen LogP contribution in [0.3, 0.4) is 0 Å². The van der Waals surface area contributed by atoms with Crippen LogP contribution in [0, 0.1) is 0 Å². The van der Waals surface area contributed by atoms with Crippen LogP contribution in [0.1, 0.15) is 59.3 Å². The number of nitrogens with two attached hydrogens (primary N) is 1. The largest absolute Gasteiger partial charge is 0.369 e. The summed E-state index contributed by atoms with van der Waals surface area (Å²) in [7, 11) is 2.14. The van der Waals surface area contributed by atoms with Gasteiger partial charge in [0.15, 0.2) is 5.96 Å². The molecule has 5 aromatic rings. The summed E-state index contributed by atoms with van der Waals surface area (Å²) >= 11 is 6.02. The van der Waals surface area contributed by atoms with Crippen molar-refractivity contribution in [1.29, 1.82) is 0 Å². The van der Waals surface area contributed by atoms with Crippen molar-refractivity contribution in [3.63, 3.8) is 0 Å². The molecule has 2 unspecified atom stereocenters. The van der Waals surface area contributed by atoms with Gasteiger partial charge in [0.25, 0.3) is 5.56 Å². The van der Waals surface area contributed by atoms with E-state index in [-0.39, 0.29) is 17.6 Å². The van der Waals surface area contributed by atoms with Crippen LogP contribution >= 0.6 is 11.6 Å². The number of likely N-dealkylation sites (tertiary alicyclic amines) is 1. The summed E-state index contributed by atoms with van der Waals surface area (Å²) in [5, 5.41) is 7.29. The van der Waals surface area contributed by atoms with Gasteiger partial charge in [-0.15, -0.1) is 0 Å². The average molecular weight is 631 g/mol. The normalized spacial score (nSPS) is 19.2. The number of hydrogen-bond acceptors (Lipinski definition) is 6. The van der Waals surface area contributed by atoms with E-state index in [0.29, 0.717) is 12.4 Å². The number of benzene rings is 4. The van der Waals surface area contributed by atoms with Crippen molar-refractivity contribution in [2.45, 2.75) is 44.2 Å². The minimum atomic E-state index is 0.0278. The number of anilines is 1. The average Bonchev–Trinajstić information content (AvgIpc) is 3.23. The molecule has 4 aromatic carbocycles. The van der Waals surface area contributed by atoms with Gasteiger partial charge in [0.05, 0.1) is 29.7 Å². The second kappa shape index (κ2) is 13.1. The van der Waals surface area contributed by atoms with E-state index < -0.39 is 0 Å². The van der Waals surface area contributed by atoms with E-state index in [9.17, 15) is 4.79 Å². The minimum Gasteiger partial charge on any atom is -0.369 e. The van der Waals surface area contributed by atoms with Gasteiger partial charge in [-0.3, -0.25) is 9.79 Å². The molecule has 2 N–H and O–H groups in total. The minimum absolute atomic E-state index is 0.0278. The highest BCUT2D eigenvalue weighted by Crippen LogP contribution is 2.39. The molecule has 0 amide bonds. The van der Waals surface area contributed by atoms with Crippen molar-refractivity contribution in [3.05, 3.63) is 140 Å². The van der Waals surface area contributed by atoms with Gasteiger partial charge in [0, 0.05) is 22.5 Å². The molecule has 4 heterocycles. The first kappa shape index (κ1) is 30.2. The van der Waals surface area contributed by atoms with Crippen LogP contribution in [0.15, 0.2) is 107 Å². The predicted molar refractivity (Wildman–Crippen MR) is 188 cm³/mol. The lowest BCUT2D eigenvalue weighted by atomic mass is 9.97. The third-order valence-electron chi connectivity index (χ3n) is 9.49. The molecule has 0 spiro atoms. The van der Waals surface area contributed by atoms with Gasteiger partial charge < -0.3 is 15.5 Å². The van der Waals surface area contributed by atoms with Gasteiger partial charge in [-0.2, -0.15) is 5.10 Å². The Hall–Kier alpha value is -4.46. The molecule has 1 saturated heterocycles. The van der Waals surface area contributed by atoms with Crippen LogP contribution in [-0.2, 0) is 12.8 Å². The van der Waals surface area contributed by atoms with Crippen molar-refractivity contribution in [2.75, 3.05) is 31.6 Å². The molecule has 1 aromatic heterocycles. The van der Waals surface area contributed by atoms with Gasteiger partial charge in [0.1, 0.15) is 0 Å². The number of nitrogens with zero attached hydrogens (tertiary/aromatic N) is 5. The highest BCUT2D eigenvalue weighted by molar-refractivity contribution is 6.30. The molecule has 0 radical (unpaired) electrons. The van der Waals surface area contributed by atoms with Crippen molar-refractivity contribution in [3.8, 4) is 0 Å². The Morgan fingerprint density at radius 1 is 0.848 bits per heavy atom. The zero-order valence-corrected chi connectivity index (χ0v) is 26.9. The summed E-state index contributed by atoms with van der Waals surface area (Å²) in [6.07, 6.45) is 4.70. The van der Waals surface area contributed by atoms with Crippen molar-refractivity contribution >= 4 is 34.0 Å². The van der Waals surface area contributed by atoms with Gasteiger partial charge in [-0.1, -0.05) is 84.4 Å². The Morgan fingerprint density at radius 2 is 1.57 bits per heavy atom. The van der Waals surface area contributed by atoms with E-state index in [0.717, 1.165) is 72.4 Å². The molecule has 8 rings (SSSR count). The first-order chi connectivity index (χ1) is 22.5. The number of hydrogen-bond donors (Lipinski definition) is 1. The van der Waals surface area contributed by atoms with E-state index >= 15 is 0 Å². The molecule has 234 valence electrons. The fourth-order valence-corrected chi connectivity index (χ4v) is 7.19. The number of halogens is 1.